The highest BCUT2D eigenvalue weighted by atomic mass is 16.5. The molecule has 0 radical (unpaired) electrons. The Morgan fingerprint density at radius 3 is 2.52 bits per heavy atom. The van der Waals surface area contributed by atoms with E-state index in [0.29, 0.717) is 0 Å². The Hall–Kier alpha value is -2.46. The molecule has 27 heavy (non-hydrogen) atoms. The van der Waals surface area contributed by atoms with Gasteiger partial charge in [-0.2, -0.15) is 0 Å². The lowest BCUT2D eigenvalue weighted by molar-refractivity contribution is 0.000337. The highest BCUT2D eigenvalue weighted by molar-refractivity contribution is 5.71. The second-order valence-corrected chi connectivity index (χ2v) is 8.02. The van der Waals surface area contributed by atoms with Crippen molar-refractivity contribution in [2.24, 2.45) is 0 Å². The van der Waals surface area contributed by atoms with E-state index in [-0.39, 0.29) is 5.41 Å². The molecule has 0 spiro atoms. The summed E-state index contributed by atoms with van der Waals surface area (Å²) in [6, 6.07) is 14.9. The fourth-order valence-corrected chi connectivity index (χ4v) is 4.38. The molecular formula is C23H28N2O2. The maximum Gasteiger partial charge on any atom is 0.170 e. The molecule has 4 nitrogen and oxygen atoms in total. The molecule has 4 rings (SSSR count). The van der Waals surface area contributed by atoms with Crippen molar-refractivity contribution < 1.29 is 9.47 Å². The van der Waals surface area contributed by atoms with Gasteiger partial charge in [0, 0.05) is 43.5 Å². The van der Waals surface area contributed by atoms with Crippen LogP contribution in [0.4, 0.5) is 11.4 Å². The minimum atomic E-state index is -0.470. The van der Waals surface area contributed by atoms with Gasteiger partial charge in [0.15, 0.2) is 5.72 Å². The number of benzene rings is 2. The first-order chi connectivity index (χ1) is 12.9. The summed E-state index contributed by atoms with van der Waals surface area (Å²) in [6.07, 6.45) is 4.42. The van der Waals surface area contributed by atoms with Gasteiger partial charge in [0.2, 0.25) is 0 Å². The van der Waals surface area contributed by atoms with Gasteiger partial charge in [-0.3, -0.25) is 0 Å². The van der Waals surface area contributed by atoms with Crippen molar-refractivity contribution in [1.29, 1.82) is 0 Å². The topological polar surface area (TPSA) is 24.9 Å². The molecule has 0 saturated carbocycles. The van der Waals surface area contributed by atoms with Gasteiger partial charge in [0.25, 0.3) is 0 Å². The fraction of sp³-hybridized carbons (Fsp3) is 0.391. The van der Waals surface area contributed by atoms with Crippen LogP contribution in [0.5, 0.6) is 5.75 Å². The van der Waals surface area contributed by atoms with E-state index in [2.05, 4.69) is 86.3 Å². The molecule has 4 heteroatoms. The third-order valence-electron chi connectivity index (χ3n) is 6.01. The van der Waals surface area contributed by atoms with Crippen LogP contribution in [0.1, 0.15) is 25.0 Å². The second kappa shape index (κ2) is 6.31. The molecule has 0 aliphatic carbocycles. The van der Waals surface area contributed by atoms with E-state index < -0.39 is 5.72 Å². The average Bonchev–Trinajstić information content (AvgIpc) is 3.17. The summed E-state index contributed by atoms with van der Waals surface area (Å²) in [5.74, 6) is 0.885. The number of ether oxygens (including phenoxy) is 2. The van der Waals surface area contributed by atoms with Gasteiger partial charge >= 0.3 is 0 Å². The molecule has 0 amide bonds. The summed E-state index contributed by atoms with van der Waals surface area (Å²) in [7, 11) is 5.83. The Morgan fingerprint density at radius 2 is 1.85 bits per heavy atom. The van der Waals surface area contributed by atoms with Crippen molar-refractivity contribution in [2.75, 3.05) is 44.2 Å². The third kappa shape index (κ3) is 2.62. The van der Waals surface area contributed by atoms with Crippen molar-refractivity contribution >= 4 is 17.5 Å². The maximum absolute atomic E-state index is 6.41. The number of fused-ring (bicyclic) bond motifs is 3. The normalized spacial score (nSPS) is 22.8. The van der Waals surface area contributed by atoms with Crippen LogP contribution in [0, 0.1) is 0 Å². The van der Waals surface area contributed by atoms with Crippen molar-refractivity contribution in [3.8, 4) is 5.75 Å². The Morgan fingerprint density at radius 1 is 1.11 bits per heavy atom. The van der Waals surface area contributed by atoms with Crippen molar-refractivity contribution in [1.82, 2.24) is 0 Å². The van der Waals surface area contributed by atoms with Crippen LogP contribution in [0.25, 0.3) is 6.08 Å². The number of methoxy groups -OCH3 is 1. The smallest absolute Gasteiger partial charge is 0.170 e. The van der Waals surface area contributed by atoms with Gasteiger partial charge in [-0.1, -0.05) is 38.1 Å². The van der Waals surface area contributed by atoms with Crippen molar-refractivity contribution in [2.45, 2.75) is 25.0 Å². The number of rotatable bonds is 4. The summed E-state index contributed by atoms with van der Waals surface area (Å²) in [4.78, 5) is 4.49. The van der Waals surface area contributed by atoms with E-state index in [1.807, 2.05) is 6.07 Å². The SMILES string of the molecule is COc1ccc2c(c1)N1CCOC1(C=Cc1ccc(N(C)C)cc1)C2(C)C. The van der Waals surface area contributed by atoms with E-state index >= 15 is 0 Å². The Balaban J connectivity index is 1.72. The third-order valence-corrected chi connectivity index (χ3v) is 6.01. The van der Waals surface area contributed by atoms with Gasteiger partial charge in [-0.05, 0) is 35.4 Å². The van der Waals surface area contributed by atoms with Crippen LogP contribution < -0.4 is 14.5 Å². The molecular weight excluding hydrogens is 336 g/mol. The van der Waals surface area contributed by atoms with Crippen molar-refractivity contribution in [3.05, 3.63) is 59.7 Å². The molecule has 1 atom stereocenters. The van der Waals surface area contributed by atoms with Crippen LogP contribution >= 0.6 is 0 Å². The van der Waals surface area contributed by atoms with Gasteiger partial charge in [-0.25, -0.2) is 0 Å². The summed E-state index contributed by atoms with van der Waals surface area (Å²) in [5.41, 5.74) is 4.26. The van der Waals surface area contributed by atoms with Crippen LogP contribution in [0.15, 0.2) is 48.5 Å². The summed E-state index contributed by atoms with van der Waals surface area (Å²) in [6.45, 7) is 6.14. The maximum atomic E-state index is 6.41. The predicted octanol–water partition coefficient (Wildman–Crippen LogP) is 4.30. The van der Waals surface area contributed by atoms with Gasteiger partial charge in [-0.15, -0.1) is 0 Å². The lowest BCUT2D eigenvalue weighted by Crippen LogP contribution is -2.51. The lowest BCUT2D eigenvalue weighted by Gasteiger charge is -2.39. The van der Waals surface area contributed by atoms with E-state index in [0.717, 1.165) is 18.9 Å². The van der Waals surface area contributed by atoms with Gasteiger partial charge in [0.1, 0.15) is 5.75 Å². The van der Waals surface area contributed by atoms with E-state index in [4.69, 9.17) is 9.47 Å². The van der Waals surface area contributed by atoms with E-state index in [1.165, 1.54) is 22.5 Å². The molecule has 2 aromatic carbocycles. The minimum Gasteiger partial charge on any atom is -0.497 e. The minimum absolute atomic E-state index is 0.162. The zero-order valence-electron chi connectivity index (χ0n) is 16.8. The number of hydrogen-bond acceptors (Lipinski definition) is 4. The molecule has 1 fully saturated rings. The second-order valence-electron chi connectivity index (χ2n) is 8.02. The molecule has 0 aromatic heterocycles. The van der Waals surface area contributed by atoms with Crippen LogP contribution in [-0.2, 0) is 10.2 Å². The lowest BCUT2D eigenvalue weighted by atomic mass is 9.77. The molecule has 142 valence electrons. The largest absolute Gasteiger partial charge is 0.497 e. The number of anilines is 2. The van der Waals surface area contributed by atoms with Crippen LogP contribution in [-0.4, -0.2) is 40.1 Å². The molecule has 2 heterocycles. The predicted molar refractivity (Wildman–Crippen MR) is 112 cm³/mol. The van der Waals surface area contributed by atoms with E-state index in [9.17, 15) is 0 Å². The zero-order valence-corrected chi connectivity index (χ0v) is 16.8. The van der Waals surface area contributed by atoms with Crippen molar-refractivity contribution in [3.63, 3.8) is 0 Å². The first-order valence-electron chi connectivity index (χ1n) is 9.46. The highest BCUT2D eigenvalue weighted by Crippen LogP contribution is 2.55. The summed E-state index contributed by atoms with van der Waals surface area (Å²) < 4.78 is 11.9. The first-order valence-corrected chi connectivity index (χ1v) is 9.46. The summed E-state index contributed by atoms with van der Waals surface area (Å²) in [5, 5.41) is 0. The number of nitrogens with zero attached hydrogens (tertiary/aromatic N) is 2. The van der Waals surface area contributed by atoms with Crippen LogP contribution in [0.3, 0.4) is 0 Å². The van der Waals surface area contributed by atoms with Crippen LogP contribution in [0.2, 0.25) is 0 Å². The standard InChI is InChI=1S/C23H28N2O2/c1-22(2)20-11-10-19(26-5)16-21(20)25-14-15-27-23(22,25)13-12-17-6-8-18(9-7-17)24(3)4/h6-13,16H,14-15H2,1-5H3. The average molecular weight is 364 g/mol. The summed E-state index contributed by atoms with van der Waals surface area (Å²) >= 11 is 0. The number of hydrogen-bond donors (Lipinski definition) is 0. The molecule has 1 saturated heterocycles. The highest BCUT2D eigenvalue weighted by Gasteiger charge is 2.59. The monoisotopic (exact) mass is 364 g/mol. The van der Waals surface area contributed by atoms with Gasteiger partial charge < -0.3 is 19.3 Å². The fourth-order valence-electron chi connectivity index (χ4n) is 4.38. The molecule has 0 bridgehead atoms. The Kier molecular flexibility index (Phi) is 4.19. The Bertz CT molecular complexity index is 870. The van der Waals surface area contributed by atoms with E-state index in [1.54, 1.807) is 7.11 Å². The molecule has 2 aliphatic rings. The molecule has 1 unspecified atom stereocenters. The zero-order chi connectivity index (χ0) is 19.2. The van der Waals surface area contributed by atoms with Gasteiger partial charge in [0.05, 0.1) is 13.7 Å². The Labute approximate surface area is 162 Å². The molecule has 0 N–H and O–H groups in total. The quantitative estimate of drug-likeness (QED) is 0.808. The molecule has 2 aromatic rings. The molecule has 2 aliphatic heterocycles. The first kappa shape index (κ1) is 17.9.